The Morgan fingerprint density at radius 3 is 2.40 bits per heavy atom. The molecule has 3 fully saturated rings. The topological polar surface area (TPSA) is 162 Å². The van der Waals surface area contributed by atoms with E-state index < -0.39 is 53.6 Å². The number of carbonyl (C=O) groups excluding carboxylic acids is 4. The number of hydrogen-bond acceptors (Lipinski definition) is 10. The lowest BCUT2D eigenvalue weighted by molar-refractivity contribution is -0.172. The summed E-state index contributed by atoms with van der Waals surface area (Å²) in [4.78, 5) is 52.8. The van der Waals surface area contributed by atoms with Crippen LogP contribution in [0.1, 0.15) is 102 Å². The van der Waals surface area contributed by atoms with Crippen molar-refractivity contribution in [2.24, 2.45) is 5.92 Å². The molecule has 7 atom stereocenters. The van der Waals surface area contributed by atoms with Gasteiger partial charge in [0, 0.05) is 43.4 Å². The Balaban J connectivity index is 0.910. The number of aliphatic hydroxyl groups excluding tert-OH is 1. The van der Waals surface area contributed by atoms with Crippen LogP contribution < -0.4 is 10.6 Å². The molecule has 2 heterocycles. The summed E-state index contributed by atoms with van der Waals surface area (Å²) in [7, 11) is 0. The highest BCUT2D eigenvalue weighted by Crippen LogP contribution is 2.45. The number of hydrogen-bond donors (Lipinski definition) is 3. The number of allylic oxidation sites excluding steroid dienone is 1. The molecule has 12 nitrogen and oxygen atoms in total. The van der Waals surface area contributed by atoms with Crippen LogP contribution >= 0.6 is 0 Å². The molecular formula is C48H54N2O10. The molecular weight excluding hydrogens is 765 g/mol. The number of ether oxygens (including phenoxy) is 5. The van der Waals surface area contributed by atoms with E-state index in [1.54, 1.807) is 63.2 Å². The van der Waals surface area contributed by atoms with E-state index in [1.165, 1.54) is 0 Å². The van der Waals surface area contributed by atoms with E-state index in [2.05, 4.69) is 34.9 Å². The van der Waals surface area contributed by atoms with Crippen LogP contribution in [0.25, 0.3) is 6.08 Å². The Morgan fingerprint density at radius 1 is 0.917 bits per heavy atom. The second-order valence-corrected chi connectivity index (χ2v) is 17.7. The van der Waals surface area contributed by atoms with Gasteiger partial charge < -0.3 is 39.4 Å². The van der Waals surface area contributed by atoms with E-state index >= 15 is 0 Å². The lowest BCUT2D eigenvalue weighted by Gasteiger charge is -2.30. The number of aliphatic hydroxyl groups is 1. The highest BCUT2D eigenvalue weighted by molar-refractivity contribution is 5.95. The maximum Gasteiger partial charge on any atom is 0.338 e. The molecule has 3 aromatic rings. The highest BCUT2D eigenvalue weighted by Gasteiger charge is 2.55. The average Bonchev–Trinajstić information content (AvgIpc) is 3.79. The van der Waals surface area contributed by atoms with Gasteiger partial charge >= 0.3 is 11.9 Å². The number of nitrogens with one attached hydrogen (secondary N) is 2. The number of esters is 2. The van der Waals surface area contributed by atoms with Gasteiger partial charge in [-0.15, -0.1) is 0 Å². The molecule has 60 heavy (non-hydrogen) atoms. The van der Waals surface area contributed by atoms with E-state index in [1.807, 2.05) is 24.3 Å². The first-order chi connectivity index (χ1) is 28.8. The van der Waals surface area contributed by atoms with Gasteiger partial charge in [0.1, 0.15) is 23.9 Å². The minimum absolute atomic E-state index is 0.0426. The Labute approximate surface area is 350 Å². The van der Waals surface area contributed by atoms with E-state index in [4.69, 9.17) is 23.7 Å². The fourth-order valence-electron chi connectivity index (χ4n) is 8.74. The quantitative estimate of drug-likeness (QED) is 0.139. The zero-order valence-electron chi connectivity index (χ0n) is 34.4. The first-order valence-corrected chi connectivity index (χ1v) is 21.1. The molecule has 1 saturated carbocycles. The lowest BCUT2D eigenvalue weighted by Crippen LogP contribution is -2.43. The van der Waals surface area contributed by atoms with Crippen molar-refractivity contribution in [1.82, 2.24) is 10.6 Å². The van der Waals surface area contributed by atoms with Crippen LogP contribution in [0, 0.1) is 5.92 Å². The van der Waals surface area contributed by atoms with Crippen molar-refractivity contribution < 1.29 is 48.0 Å². The van der Waals surface area contributed by atoms with Crippen LogP contribution in [0.15, 0.2) is 90.5 Å². The van der Waals surface area contributed by atoms with Gasteiger partial charge in [-0.2, -0.15) is 0 Å². The predicted molar refractivity (Wildman–Crippen MR) is 221 cm³/mol. The molecule has 2 aliphatic heterocycles. The SMILES string of the molecule is CC(C)(C)OC(=O)CCC(CO)NC(=O)c1cccc(CNC(=O)C2=CC3OC4(Cc5ccccc5C4)OC3C(OC(=O)c3ccc(C=CC4CCC5OC5C4)cc3)C2)c1. The van der Waals surface area contributed by atoms with Gasteiger partial charge in [-0.25, -0.2) is 4.79 Å². The van der Waals surface area contributed by atoms with E-state index in [0.29, 0.717) is 53.2 Å². The molecule has 3 aliphatic carbocycles. The van der Waals surface area contributed by atoms with Gasteiger partial charge in [0.25, 0.3) is 5.91 Å². The first-order valence-electron chi connectivity index (χ1n) is 21.1. The summed E-state index contributed by atoms with van der Waals surface area (Å²) in [5.74, 6) is -2.14. The standard InChI is InChI=1S/C48H54N2O10/c1-47(2,3)59-42(52)20-18-37(28-51)50-45(54)33-10-6-7-31(21-33)27-49-44(53)36-23-40(43-41(24-36)58-48(60-43)25-34-8-4-5-9-35(34)26-48)57-46(55)32-16-13-29(14-17-32)11-12-30-15-19-38-39(22-30)56-38/h4-14,16-17,21,24,30,37-41,43,51H,15,18-20,22-23,25-28H2,1-3H3,(H,49,53)(H,50,54). The summed E-state index contributed by atoms with van der Waals surface area (Å²) >= 11 is 0. The van der Waals surface area contributed by atoms with Gasteiger partial charge in [0.2, 0.25) is 5.91 Å². The number of fused-ring (bicyclic) bond motifs is 3. The smallest absolute Gasteiger partial charge is 0.338 e. The molecule has 0 radical (unpaired) electrons. The van der Waals surface area contributed by atoms with Gasteiger partial charge in [0.15, 0.2) is 5.79 Å². The number of amides is 2. The number of epoxide rings is 1. The Bertz CT molecular complexity index is 2130. The maximum absolute atomic E-state index is 13.8. The second kappa shape index (κ2) is 17.5. The fourth-order valence-corrected chi connectivity index (χ4v) is 8.74. The molecule has 0 aromatic heterocycles. The molecule has 2 saturated heterocycles. The fraction of sp³-hybridized carbons (Fsp3) is 0.458. The van der Waals surface area contributed by atoms with Gasteiger partial charge in [0.05, 0.1) is 30.4 Å². The molecule has 8 rings (SSSR count). The molecule has 316 valence electrons. The molecule has 3 aromatic carbocycles. The van der Waals surface area contributed by atoms with E-state index in [9.17, 15) is 24.3 Å². The Hall–Kier alpha value is -5.14. The Morgan fingerprint density at radius 2 is 1.68 bits per heavy atom. The normalized spacial score (nSPS) is 25.4. The predicted octanol–water partition coefficient (Wildman–Crippen LogP) is 5.93. The highest BCUT2D eigenvalue weighted by atomic mass is 16.8. The minimum Gasteiger partial charge on any atom is -0.460 e. The zero-order chi connectivity index (χ0) is 42.0. The largest absolute Gasteiger partial charge is 0.460 e. The van der Waals surface area contributed by atoms with Crippen molar-refractivity contribution >= 4 is 29.8 Å². The third-order valence-corrected chi connectivity index (χ3v) is 11.8. The Kier molecular flexibility index (Phi) is 12.1. The van der Waals surface area contributed by atoms with Crippen molar-refractivity contribution in [2.45, 2.75) is 127 Å². The molecule has 12 heteroatoms. The first kappa shape index (κ1) is 41.6. The monoisotopic (exact) mass is 818 g/mol. The van der Waals surface area contributed by atoms with Crippen LogP contribution in [-0.4, -0.2) is 83.4 Å². The molecule has 0 bridgehead atoms. The number of rotatable bonds is 13. The third kappa shape index (κ3) is 10.1. The molecule has 5 aliphatic rings. The van der Waals surface area contributed by atoms with Crippen molar-refractivity contribution in [3.05, 3.63) is 124 Å². The van der Waals surface area contributed by atoms with Crippen LogP contribution in [0.2, 0.25) is 0 Å². The molecule has 1 spiro atoms. The number of benzene rings is 3. The lowest BCUT2D eigenvalue weighted by atomic mass is 9.89. The minimum atomic E-state index is -0.934. The van der Waals surface area contributed by atoms with Crippen molar-refractivity contribution in [1.29, 1.82) is 0 Å². The molecule has 7 unspecified atom stereocenters. The third-order valence-electron chi connectivity index (χ3n) is 11.8. The average molecular weight is 819 g/mol. The van der Waals surface area contributed by atoms with E-state index in [0.717, 1.165) is 36.0 Å². The molecule has 3 N–H and O–H groups in total. The van der Waals surface area contributed by atoms with Crippen molar-refractivity contribution in [3.8, 4) is 0 Å². The summed E-state index contributed by atoms with van der Waals surface area (Å²) in [6.07, 6.45) is 9.70. The number of carbonyl (C=O) groups is 4. The van der Waals surface area contributed by atoms with Gasteiger partial charge in [-0.3, -0.25) is 14.4 Å². The van der Waals surface area contributed by atoms with Gasteiger partial charge in [-0.1, -0.05) is 60.7 Å². The van der Waals surface area contributed by atoms with Crippen LogP contribution in [0.3, 0.4) is 0 Å². The van der Waals surface area contributed by atoms with Crippen molar-refractivity contribution in [3.63, 3.8) is 0 Å². The molecule has 2 amide bonds. The summed E-state index contributed by atoms with van der Waals surface area (Å²) in [6, 6.07) is 21.6. The van der Waals surface area contributed by atoms with Gasteiger partial charge in [-0.05, 0) is 105 Å². The summed E-state index contributed by atoms with van der Waals surface area (Å²) < 4.78 is 30.5. The van der Waals surface area contributed by atoms with Crippen LogP contribution in [-0.2, 0) is 52.7 Å². The second-order valence-electron chi connectivity index (χ2n) is 17.7. The van der Waals surface area contributed by atoms with Crippen LogP contribution in [0.5, 0.6) is 0 Å². The summed E-state index contributed by atoms with van der Waals surface area (Å²) in [5, 5.41) is 15.6. The summed E-state index contributed by atoms with van der Waals surface area (Å²) in [5.41, 5.74) is 4.45. The maximum atomic E-state index is 13.8. The van der Waals surface area contributed by atoms with Crippen molar-refractivity contribution in [2.75, 3.05) is 6.61 Å². The van der Waals surface area contributed by atoms with E-state index in [-0.39, 0.29) is 38.3 Å². The van der Waals surface area contributed by atoms with Crippen LogP contribution in [0.4, 0.5) is 0 Å². The summed E-state index contributed by atoms with van der Waals surface area (Å²) in [6.45, 7) is 5.10. The zero-order valence-corrected chi connectivity index (χ0v) is 34.4.